The van der Waals surface area contributed by atoms with Crippen molar-refractivity contribution in [1.82, 2.24) is 0 Å². The summed E-state index contributed by atoms with van der Waals surface area (Å²) in [5.41, 5.74) is 15.5. The average Bonchev–Trinajstić information content (AvgIpc) is 1.78. The molecule has 0 unspecified atom stereocenters. The van der Waals surface area contributed by atoms with E-state index in [0.29, 0.717) is 0 Å². The lowest BCUT2D eigenvalue weighted by atomic mass is 9.86. The summed E-state index contributed by atoms with van der Waals surface area (Å²) < 4.78 is 31.4. The standard InChI is InChI=1S/C81H92O4P2/c1-8-15-29-57-33-28-41-70-65(51-57)54-62(34-19-12-5)79(83-86(68-37-24-22-25-38-68)69-39-26-23-27-40-69)76(70)75-71-46-42-58(30-16-9-2)50-61(71)45-49-74(75)82-87-84-80-63(35-20-13-6)55-66-52-59(31-17-10-3)43-47-72(66)77(80)78-73-48-44-60(32-18-11-4)53-67(73)56-64(36-21-14-7)81(78)85-87/h22-28,37-56H,8-21,29-36H2,1-7H3. The Morgan fingerprint density at radius 1 is 0.437 bits per heavy atom. The molecule has 9 aromatic carbocycles. The first-order valence-electron chi connectivity index (χ1n) is 33.6. The van der Waals surface area contributed by atoms with Crippen LogP contribution >= 0.6 is 16.4 Å². The van der Waals surface area contributed by atoms with Gasteiger partial charge in [0.25, 0.3) is 0 Å². The lowest BCUT2D eigenvalue weighted by molar-refractivity contribution is 0.497. The third-order valence-corrected chi connectivity index (χ3v) is 20.8. The lowest BCUT2D eigenvalue weighted by Gasteiger charge is -2.27. The Bertz CT molecular complexity index is 3930. The molecule has 1 aromatic heterocycles. The molecule has 6 heteroatoms. The van der Waals surface area contributed by atoms with Crippen molar-refractivity contribution in [3.63, 3.8) is 0 Å². The molecule has 0 spiro atoms. The Labute approximate surface area is 522 Å². The van der Waals surface area contributed by atoms with Crippen LogP contribution in [0, 0.1) is 0 Å². The fourth-order valence-electron chi connectivity index (χ4n) is 13.0. The van der Waals surface area contributed by atoms with Gasteiger partial charge in [-0.25, -0.2) is 0 Å². The van der Waals surface area contributed by atoms with Crippen LogP contribution in [0.5, 0.6) is 11.5 Å². The Kier molecular flexibility index (Phi) is 21.3. The number of allylic oxidation sites excluding steroid dienone is 2. The molecule has 11 rings (SSSR count). The molecule has 1 aliphatic rings. The van der Waals surface area contributed by atoms with Crippen LogP contribution in [-0.4, -0.2) is 0 Å². The van der Waals surface area contributed by atoms with Gasteiger partial charge in [0, 0.05) is 32.5 Å². The molecule has 10 aromatic rings. The smallest absolute Gasteiger partial charge is 0.453 e. The molecule has 1 heterocycles. The molecule has 0 N–H and O–H groups in total. The Morgan fingerprint density at radius 3 is 1.43 bits per heavy atom. The zero-order valence-corrected chi connectivity index (χ0v) is 55.0. The number of fused-ring (bicyclic) bond motifs is 9. The van der Waals surface area contributed by atoms with E-state index in [1.54, 1.807) is 0 Å². The van der Waals surface area contributed by atoms with E-state index >= 15 is 0 Å². The van der Waals surface area contributed by atoms with Crippen molar-refractivity contribution in [2.24, 2.45) is 0 Å². The van der Waals surface area contributed by atoms with E-state index in [1.165, 1.54) is 82.1 Å². The van der Waals surface area contributed by atoms with Crippen molar-refractivity contribution in [2.45, 2.75) is 190 Å². The first kappa shape index (κ1) is 61.8. The Balaban J connectivity index is 1.26. The zero-order valence-electron chi connectivity index (χ0n) is 53.2. The van der Waals surface area contributed by atoms with Gasteiger partial charge in [-0.3, -0.25) is 0 Å². The molecule has 1 aliphatic carbocycles. The van der Waals surface area contributed by atoms with E-state index in [4.69, 9.17) is 17.4 Å². The van der Waals surface area contributed by atoms with Crippen molar-refractivity contribution < 1.29 is 17.4 Å². The molecule has 0 atom stereocenters. The van der Waals surface area contributed by atoms with Gasteiger partial charge in [0.2, 0.25) is 0 Å². The molecular formula is C81H92O4P2. The summed E-state index contributed by atoms with van der Waals surface area (Å²) in [6, 6.07) is 55.2. The van der Waals surface area contributed by atoms with E-state index in [-0.39, 0.29) is 0 Å². The topological polar surface area (TPSA) is 44.7 Å². The van der Waals surface area contributed by atoms with E-state index in [1.807, 2.05) is 0 Å². The van der Waals surface area contributed by atoms with Gasteiger partial charge >= 0.3 is 8.24 Å². The monoisotopic (exact) mass is 1190 g/mol. The highest BCUT2D eigenvalue weighted by Gasteiger charge is 2.30. The average molecular weight is 1190 g/mol. The molecule has 450 valence electrons. The summed E-state index contributed by atoms with van der Waals surface area (Å²) in [5, 5.41) is 11.8. The molecule has 0 amide bonds. The van der Waals surface area contributed by atoms with Crippen molar-refractivity contribution in [2.75, 3.05) is 0 Å². The molecular weight excluding hydrogens is 1100 g/mol. The summed E-state index contributed by atoms with van der Waals surface area (Å²) in [6.07, 6.45) is 30.6. The quantitative estimate of drug-likeness (QED) is 0.0459. The number of rotatable bonds is 28. The van der Waals surface area contributed by atoms with Crippen LogP contribution < -0.4 is 19.7 Å². The summed E-state index contributed by atoms with van der Waals surface area (Å²) in [6.45, 7) is 16.1. The second-order valence-electron chi connectivity index (χ2n) is 24.5. The second kappa shape index (κ2) is 29.9. The maximum atomic E-state index is 8.03. The first-order chi connectivity index (χ1) is 42.8. The fraction of sp³-hybridized carbons (Fsp3) is 0.358. The zero-order chi connectivity index (χ0) is 60.1. The summed E-state index contributed by atoms with van der Waals surface area (Å²) in [4.78, 5) is 0. The van der Waals surface area contributed by atoms with E-state index in [2.05, 4.69) is 212 Å². The number of unbranched alkanes of at least 4 members (excludes halogenated alkanes) is 7. The maximum Gasteiger partial charge on any atom is 0.453 e. The number of hydrogen-bond donors (Lipinski definition) is 0. The van der Waals surface area contributed by atoms with Gasteiger partial charge in [0.15, 0.2) is 8.15 Å². The van der Waals surface area contributed by atoms with E-state index in [9.17, 15) is 0 Å². The highest BCUT2D eigenvalue weighted by atomic mass is 31.1. The molecule has 0 fully saturated rings. The minimum absolute atomic E-state index is 0.726. The minimum Gasteiger partial charge on any atom is -0.464 e. The summed E-state index contributed by atoms with van der Waals surface area (Å²) in [7, 11) is -3.47. The summed E-state index contributed by atoms with van der Waals surface area (Å²) >= 11 is 0. The van der Waals surface area contributed by atoms with Crippen LogP contribution in [-0.2, 0) is 38.5 Å². The second-order valence-corrected chi connectivity index (χ2v) is 27.3. The third kappa shape index (κ3) is 14.1. The normalized spacial score (nSPS) is 12.4. The van der Waals surface area contributed by atoms with Gasteiger partial charge in [-0.1, -0.05) is 239 Å². The summed E-state index contributed by atoms with van der Waals surface area (Å²) in [5.74, 6) is 1.65. The van der Waals surface area contributed by atoms with Crippen LogP contribution in [0.15, 0.2) is 166 Å². The van der Waals surface area contributed by atoms with Gasteiger partial charge < -0.3 is 17.4 Å². The SMILES string of the molecule is CCCCC1=Cc2cc(CCCC)c(OP(c3ccccc3)c3ccccc3)c(-c3c(Op4oc5c(CCCC)cc6cc(CCCC)ccc6c5c5c(o4)c(CCCC)cc4cc(CCCC)ccc45)ccc4cc(CCCC)ccc34)c2C=CC1. The van der Waals surface area contributed by atoms with Crippen LogP contribution in [0.25, 0.3) is 77.5 Å². The van der Waals surface area contributed by atoms with Gasteiger partial charge in [-0.05, 0) is 197 Å². The van der Waals surface area contributed by atoms with Gasteiger partial charge in [0.05, 0.1) is 0 Å². The Hall–Kier alpha value is -6.83. The molecule has 4 nitrogen and oxygen atoms in total. The van der Waals surface area contributed by atoms with Crippen LogP contribution in [0.3, 0.4) is 0 Å². The van der Waals surface area contributed by atoms with Crippen LogP contribution in [0.2, 0.25) is 0 Å². The molecule has 0 radical (unpaired) electrons. The van der Waals surface area contributed by atoms with Gasteiger partial charge in [-0.15, -0.1) is 0 Å². The fourth-order valence-corrected chi connectivity index (χ4v) is 15.9. The predicted molar refractivity (Wildman–Crippen MR) is 379 cm³/mol. The van der Waals surface area contributed by atoms with Crippen molar-refractivity contribution >= 4 is 93.4 Å². The maximum absolute atomic E-state index is 8.03. The largest absolute Gasteiger partial charge is 0.464 e. The number of hydrogen-bond acceptors (Lipinski definition) is 4. The van der Waals surface area contributed by atoms with Gasteiger partial charge in [-0.2, -0.15) is 0 Å². The highest BCUT2D eigenvalue weighted by Crippen LogP contribution is 2.54. The minimum atomic E-state index is -2.14. The van der Waals surface area contributed by atoms with Crippen molar-refractivity contribution in [3.05, 3.63) is 202 Å². The molecule has 0 bridgehead atoms. The predicted octanol–water partition coefficient (Wildman–Crippen LogP) is 24.7. The molecule has 87 heavy (non-hydrogen) atoms. The van der Waals surface area contributed by atoms with Gasteiger partial charge in [0.1, 0.15) is 22.7 Å². The first-order valence-corrected chi connectivity index (χ1v) is 35.9. The van der Waals surface area contributed by atoms with Crippen LogP contribution in [0.1, 0.15) is 196 Å². The van der Waals surface area contributed by atoms with E-state index in [0.717, 1.165) is 197 Å². The van der Waals surface area contributed by atoms with Crippen molar-refractivity contribution in [1.29, 1.82) is 0 Å². The molecule has 0 saturated carbocycles. The third-order valence-electron chi connectivity index (χ3n) is 17.8. The number of aryl methyl sites for hydroxylation is 6. The van der Waals surface area contributed by atoms with Crippen LogP contribution in [0.4, 0.5) is 0 Å². The van der Waals surface area contributed by atoms with E-state index < -0.39 is 16.4 Å². The number of benzene rings is 9. The lowest BCUT2D eigenvalue weighted by Crippen LogP contribution is -2.16. The van der Waals surface area contributed by atoms with Crippen molar-refractivity contribution in [3.8, 4) is 22.6 Å². The molecule has 0 saturated heterocycles. The Morgan fingerprint density at radius 2 is 0.908 bits per heavy atom. The molecule has 0 aliphatic heterocycles. The highest BCUT2D eigenvalue weighted by molar-refractivity contribution is 7.68.